The molecule has 4 rings (SSSR count). The fourth-order valence-corrected chi connectivity index (χ4v) is 4.13. The second-order valence-corrected chi connectivity index (χ2v) is 8.50. The molecule has 1 amide bonds. The Morgan fingerprint density at radius 1 is 1.06 bits per heavy atom. The number of furan rings is 1. The van der Waals surface area contributed by atoms with Crippen LogP contribution in [0.3, 0.4) is 0 Å². The van der Waals surface area contributed by atoms with Crippen LogP contribution < -0.4 is 10.1 Å². The Balaban J connectivity index is 1.70. The van der Waals surface area contributed by atoms with Gasteiger partial charge in [-0.25, -0.2) is 0 Å². The average Bonchev–Trinajstić information content (AvgIpc) is 3.23. The Kier molecular flexibility index (Phi) is 6.80. The number of amides is 1. The molecule has 0 saturated heterocycles. The zero-order valence-electron chi connectivity index (χ0n) is 19.6. The van der Waals surface area contributed by atoms with Crippen molar-refractivity contribution in [2.75, 3.05) is 34.3 Å². The average molecular weight is 443 g/mol. The lowest BCUT2D eigenvalue weighted by atomic mass is 9.96. The van der Waals surface area contributed by atoms with Crippen LogP contribution in [0.4, 0.5) is 0 Å². The number of ether oxygens (including phenoxy) is 1. The first-order valence-corrected chi connectivity index (χ1v) is 11.2. The van der Waals surface area contributed by atoms with E-state index in [1.165, 1.54) is 10.8 Å². The molecule has 0 atom stereocenters. The van der Waals surface area contributed by atoms with E-state index in [9.17, 15) is 4.79 Å². The topological polar surface area (TPSA) is 54.7 Å². The van der Waals surface area contributed by atoms with Gasteiger partial charge in [-0.2, -0.15) is 0 Å². The van der Waals surface area contributed by atoms with Crippen LogP contribution in [0.2, 0.25) is 0 Å². The van der Waals surface area contributed by atoms with E-state index in [1.54, 1.807) is 19.4 Å². The Hall–Kier alpha value is -3.57. The molecule has 0 aliphatic carbocycles. The summed E-state index contributed by atoms with van der Waals surface area (Å²) in [6.45, 7) is 3.51. The summed E-state index contributed by atoms with van der Waals surface area (Å²) in [6.07, 6.45) is 4.34. The Morgan fingerprint density at radius 3 is 2.64 bits per heavy atom. The van der Waals surface area contributed by atoms with E-state index in [-0.39, 0.29) is 5.91 Å². The minimum Gasteiger partial charge on any atom is -0.496 e. The van der Waals surface area contributed by atoms with Gasteiger partial charge in [0.05, 0.1) is 13.4 Å². The first-order chi connectivity index (χ1) is 16.0. The van der Waals surface area contributed by atoms with Gasteiger partial charge in [-0.3, -0.25) is 4.79 Å². The third kappa shape index (κ3) is 4.94. The summed E-state index contributed by atoms with van der Waals surface area (Å²) in [6, 6.07) is 18.6. The van der Waals surface area contributed by atoms with Crippen molar-refractivity contribution in [2.24, 2.45) is 0 Å². The van der Waals surface area contributed by atoms with Crippen LogP contribution in [0.15, 0.2) is 71.4 Å². The number of fused-ring (bicyclic) bond motifs is 2. The van der Waals surface area contributed by atoms with Crippen molar-refractivity contribution < 1.29 is 13.9 Å². The highest BCUT2D eigenvalue weighted by Gasteiger charge is 2.16. The molecule has 0 aliphatic heterocycles. The summed E-state index contributed by atoms with van der Waals surface area (Å²) in [5, 5.41) is 6.30. The van der Waals surface area contributed by atoms with Crippen LogP contribution >= 0.6 is 0 Å². The summed E-state index contributed by atoms with van der Waals surface area (Å²) >= 11 is 0. The van der Waals surface area contributed by atoms with Crippen LogP contribution in [0.5, 0.6) is 5.75 Å². The van der Waals surface area contributed by atoms with E-state index >= 15 is 0 Å². The molecule has 5 heteroatoms. The lowest BCUT2D eigenvalue weighted by Crippen LogP contribution is -2.25. The molecule has 4 aromatic rings. The van der Waals surface area contributed by atoms with Crippen molar-refractivity contribution in [3.8, 4) is 16.9 Å². The molecule has 1 N–H and O–H groups in total. The fourth-order valence-electron chi connectivity index (χ4n) is 4.13. The molecule has 170 valence electrons. The number of carbonyl (C=O) groups is 1. The highest BCUT2D eigenvalue weighted by molar-refractivity contribution is 6.06. The number of hydrogen-bond acceptors (Lipinski definition) is 4. The molecule has 1 aromatic heterocycles. The normalized spacial score (nSPS) is 12.0. The first-order valence-electron chi connectivity index (χ1n) is 11.2. The number of benzene rings is 3. The Labute approximate surface area is 194 Å². The van der Waals surface area contributed by atoms with Gasteiger partial charge in [0.25, 0.3) is 0 Å². The molecule has 3 aromatic carbocycles. The van der Waals surface area contributed by atoms with Crippen molar-refractivity contribution in [1.29, 1.82) is 0 Å². The zero-order chi connectivity index (χ0) is 23.4. The van der Waals surface area contributed by atoms with E-state index in [2.05, 4.69) is 46.6 Å². The molecule has 0 aliphatic rings. The van der Waals surface area contributed by atoms with Crippen molar-refractivity contribution in [3.63, 3.8) is 0 Å². The van der Waals surface area contributed by atoms with Gasteiger partial charge in [-0.1, -0.05) is 42.5 Å². The second kappa shape index (κ2) is 9.92. The van der Waals surface area contributed by atoms with E-state index in [4.69, 9.17) is 9.15 Å². The Morgan fingerprint density at radius 2 is 1.85 bits per heavy atom. The van der Waals surface area contributed by atoms with Crippen LogP contribution in [0, 0.1) is 0 Å². The predicted octanol–water partition coefficient (Wildman–Crippen LogP) is 5.73. The molecule has 0 bridgehead atoms. The first kappa shape index (κ1) is 22.6. The van der Waals surface area contributed by atoms with Crippen molar-refractivity contribution in [3.05, 3.63) is 72.5 Å². The van der Waals surface area contributed by atoms with E-state index in [1.807, 2.05) is 39.2 Å². The van der Waals surface area contributed by atoms with Gasteiger partial charge in [0.1, 0.15) is 11.3 Å². The standard InChI is InChI=1S/C28H30N2O3/c1-19(15-28(31)29-13-8-14-30(2)3)23-16-24-25(18-33-27(24)17-26(23)32-4)22-12-7-10-20-9-5-6-11-21(20)22/h5-7,9-12,15-18H,8,13-14H2,1-4H3,(H,29,31)/b19-15+. The van der Waals surface area contributed by atoms with Gasteiger partial charge < -0.3 is 19.4 Å². The van der Waals surface area contributed by atoms with E-state index in [0.29, 0.717) is 12.3 Å². The number of nitrogens with one attached hydrogen (secondary N) is 1. The largest absolute Gasteiger partial charge is 0.496 e. The molecule has 1 heterocycles. The molecule has 33 heavy (non-hydrogen) atoms. The number of carbonyl (C=O) groups excluding carboxylic acids is 1. The van der Waals surface area contributed by atoms with E-state index in [0.717, 1.165) is 46.2 Å². The summed E-state index contributed by atoms with van der Waals surface area (Å²) in [7, 11) is 5.68. The molecule has 0 unspecified atom stereocenters. The SMILES string of the molecule is COc1cc2occ(-c3cccc4ccccc34)c2cc1/C(C)=C/C(=O)NCCCN(C)C. The number of hydrogen-bond donors (Lipinski definition) is 1. The third-order valence-corrected chi connectivity index (χ3v) is 5.83. The van der Waals surface area contributed by atoms with E-state index < -0.39 is 0 Å². The third-order valence-electron chi connectivity index (χ3n) is 5.83. The maximum absolute atomic E-state index is 12.5. The van der Waals surface area contributed by atoms with Gasteiger partial charge in [-0.05, 0) is 62.0 Å². The van der Waals surface area contributed by atoms with Gasteiger partial charge in [0, 0.05) is 35.2 Å². The molecule has 5 nitrogen and oxygen atoms in total. The summed E-state index contributed by atoms with van der Waals surface area (Å²) < 4.78 is 11.5. The van der Waals surface area contributed by atoms with Crippen LogP contribution in [0.25, 0.3) is 38.4 Å². The van der Waals surface area contributed by atoms with Gasteiger partial charge >= 0.3 is 0 Å². The van der Waals surface area contributed by atoms with Crippen molar-refractivity contribution >= 4 is 33.2 Å². The quantitative estimate of drug-likeness (QED) is 0.280. The van der Waals surface area contributed by atoms with Crippen molar-refractivity contribution in [1.82, 2.24) is 10.2 Å². The minimum absolute atomic E-state index is 0.102. The fraction of sp³-hybridized carbons (Fsp3) is 0.250. The molecule has 0 fully saturated rings. The molecular weight excluding hydrogens is 412 g/mol. The maximum atomic E-state index is 12.5. The predicted molar refractivity (Wildman–Crippen MR) is 136 cm³/mol. The number of nitrogens with zero attached hydrogens (tertiary/aromatic N) is 1. The van der Waals surface area contributed by atoms with Crippen LogP contribution in [0.1, 0.15) is 18.9 Å². The molecule has 0 saturated carbocycles. The smallest absolute Gasteiger partial charge is 0.244 e. The van der Waals surface area contributed by atoms with Crippen LogP contribution in [-0.4, -0.2) is 45.1 Å². The Bertz CT molecular complexity index is 1310. The van der Waals surface area contributed by atoms with Crippen LogP contribution in [-0.2, 0) is 4.79 Å². The maximum Gasteiger partial charge on any atom is 0.244 e. The highest BCUT2D eigenvalue weighted by atomic mass is 16.5. The number of allylic oxidation sites excluding steroid dienone is 1. The zero-order valence-corrected chi connectivity index (χ0v) is 19.6. The van der Waals surface area contributed by atoms with Gasteiger partial charge in [-0.15, -0.1) is 0 Å². The second-order valence-electron chi connectivity index (χ2n) is 8.50. The summed E-state index contributed by atoms with van der Waals surface area (Å²) in [4.78, 5) is 14.6. The molecule has 0 spiro atoms. The lowest BCUT2D eigenvalue weighted by Gasteiger charge is -2.11. The summed E-state index contributed by atoms with van der Waals surface area (Å²) in [5.41, 5.74) is 4.59. The van der Waals surface area contributed by atoms with Crippen molar-refractivity contribution in [2.45, 2.75) is 13.3 Å². The number of methoxy groups -OCH3 is 1. The molecule has 0 radical (unpaired) electrons. The lowest BCUT2D eigenvalue weighted by molar-refractivity contribution is -0.116. The summed E-state index contributed by atoms with van der Waals surface area (Å²) in [5.74, 6) is 0.574. The van der Waals surface area contributed by atoms with Gasteiger partial charge in [0.15, 0.2) is 0 Å². The molecular formula is C28H30N2O3. The number of rotatable bonds is 8. The highest BCUT2D eigenvalue weighted by Crippen LogP contribution is 2.39. The van der Waals surface area contributed by atoms with Gasteiger partial charge in [0.2, 0.25) is 5.91 Å². The monoisotopic (exact) mass is 442 g/mol. The minimum atomic E-state index is -0.102.